The van der Waals surface area contributed by atoms with Crippen LogP contribution in [0.15, 0.2) is 29.1 Å². The highest BCUT2D eigenvalue weighted by Crippen LogP contribution is 2.30. The van der Waals surface area contributed by atoms with Gasteiger partial charge in [0, 0.05) is 11.3 Å². The number of aryl methyl sites for hydroxylation is 2. The van der Waals surface area contributed by atoms with Crippen LogP contribution in [0.25, 0.3) is 11.3 Å². The molecule has 0 unspecified atom stereocenters. The maximum Gasteiger partial charge on any atom is 0.416 e. The molecule has 3 nitrogen and oxygen atoms in total. The average molecular weight is 268 g/mol. The van der Waals surface area contributed by atoms with Gasteiger partial charge in [-0.1, -0.05) is 12.1 Å². The number of halogens is 3. The number of hydrogen-bond donors (Lipinski definition) is 1. The third kappa shape index (κ3) is 2.67. The van der Waals surface area contributed by atoms with Crippen LogP contribution in [0.2, 0.25) is 0 Å². The molecule has 0 aliphatic heterocycles. The summed E-state index contributed by atoms with van der Waals surface area (Å²) in [7, 11) is 0. The fourth-order valence-corrected chi connectivity index (χ4v) is 1.64. The predicted molar refractivity (Wildman–Crippen MR) is 64.8 cm³/mol. The van der Waals surface area contributed by atoms with Gasteiger partial charge in [-0.25, -0.2) is 4.98 Å². The van der Waals surface area contributed by atoms with Gasteiger partial charge < -0.3 is 4.98 Å². The first kappa shape index (κ1) is 13.3. The number of alkyl halides is 3. The van der Waals surface area contributed by atoms with Crippen molar-refractivity contribution in [3.8, 4) is 11.3 Å². The molecule has 100 valence electrons. The summed E-state index contributed by atoms with van der Waals surface area (Å²) in [5.74, 6) is 0. The number of aromatic nitrogens is 2. The van der Waals surface area contributed by atoms with Crippen molar-refractivity contribution in [1.82, 2.24) is 9.97 Å². The Morgan fingerprint density at radius 2 is 1.68 bits per heavy atom. The van der Waals surface area contributed by atoms with Crippen molar-refractivity contribution in [2.75, 3.05) is 0 Å². The largest absolute Gasteiger partial charge is 0.416 e. The Kier molecular flexibility index (Phi) is 3.18. The zero-order valence-corrected chi connectivity index (χ0v) is 10.3. The Morgan fingerprint density at radius 1 is 1.11 bits per heavy atom. The monoisotopic (exact) mass is 268 g/mol. The summed E-state index contributed by atoms with van der Waals surface area (Å²) in [6, 6.07) is 4.36. The average Bonchev–Trinajstić information content (AvgIpc) is 2.33. The van der Waals surface area contributed by atoms with Gasteiger partial charge in [-0.3, -0.25) is 4.79 Å². The fraction of sp³-hybridized carbons (Fsp3) is 0.231. The van der Waals surface area contributed by atoms with Crippen LogP contribution < -0.4 is 5.56 Å². The quantitative estimate of drug-likeness (QED) is 0.863. The van der Waals surface area contributed by atoms with Crippen molar-refractivity contribution in [1.29, 1.82) is 0 Å². The third-order valence-corrected chi connectivity index (χ3v) is 2.82. The molecule has 6 heteroatoms. The Balaban J connectivity index is 2.49. The van der Waals surface area contributed by atoms with E-state index in [1.807, 2.05) is 0 Å². The minimum atomic E-state index is -4.39. The number of nitrogens with zero attached hydrogens (tertiary/aromatic N) is 1. The minimum Gasteiger partial charge on any atom is -0.323 e. The van der Waals surface area contributed by atoms with Gasteiger partial charge in [0.1, 0.15) is 5.69 Å². The zero-order valence-electron chi connectivity index (χ0n) is 10.3. The molecule has 1 aromatic heterocycles. The van der Waals surface area contributed by atoms with Gasteiger partial charge in [0.25, 0.3) is 5.56 Å². The summed E-state index contributed by atoms with van der Waals surface area (Å²) in [6.07, 6.45) is -4.39. The molecule has 0 bridgehead atoms. The number of aromatic amines is 1. The van der Waals surface area contributed by atoms with Crippen molar-refractivity contribution in [2.45, 2.75) is 20.0 Å². The molecular weight excluding hydrogens is 257 g/mol. The van der Waals surface area contributed by atoms with Crippen molar-refractivity contribution in [3.05, 3.63) is 51.6 Å². The Bertz CT molecular complexity index is 657. The number of benzene rings is 1. The third-order valence-electron chi connectivity index (χ3n) is 2.82. The summed E-state index contributed by atoms with van der Waals surface area (Å²) in [6.45, 7) is 3.43. The van der Waals surface area contributed by atoms with Crippen LogP contribution in [0, 0.1) is 13.8 Å². The maximum absolute atomic E-state index is 12.4. The first-order valence-corrected chi connectivity index (χ1v) is 5.54. The zero-order chi connectivity index (χ0) is 14.2. The summed E-state index contributed by atoms with van der Waals surface area (Å²) < 4.78 is 37.3. The highest BCUT2D eigenvalue weighted by atomic mass is 19.4. The normalized spacial score (nSPS) is 11.6. The standard InChI is InChI=1S/C13H11F3N2O/c1-7-8(2)18-12(19)11(17-7)9-3-5-10(6-4-9)13(14,15)16/h3-6H,1-2H3,(H,18,19). The summed E-state index contributed by atoms with van der Waals surface area (Å²) in [5, 5.41) is 0. The van der Waals surface area contributed by atoms with Crippen LogP contribution >= 0.6 is 0 Å². The van der Waals surface area contributed by atoms with Crippen LogP contribution in [-0.4, -0.2) is 9.97 Å². The van der Waals surface area contributed by atoms with E-state index >= 15 is 0 Å². The van der Waals surface area contributed by atoms with Crippen LogP contribution in [0.4, 0.5) is 13.2 Å². The number of rotatable bonds is 1. The molecule has 2 rings (SSSR count). The van der Waals surface area contributed by atoms with E-state index in [1.165, 1.54) is 12.1 Å². The lowest BCUT2D eigenvalue weighted by atomic mass is 10.1. The van der Waals surface area contributed by atoms with E-state index in [0.717, 1.165) is 12.1 Å². The highest BCUT2D eigenvalue weighted by molar-refractivity contribution is 5.58. The lowest BCUT2D eigenvalue weighted by Gasteiger charge is -2.08. The fourth-order valence-electron chi connectivity index (χ4n) is 1.64. The van der Waals surface area contributed by atoms with Crippen LogP contribution in [0.5, 0.6) is 0 Å². The summed E-state index contributed by atoms with van der Waals surface area (Å²) >= 11 is 0. The second-order valence-corrected chi connectivity index (χ2v) is 4.20. The number of H-pyrrole nitrogens is 1. The Morgan fingerprint density at radius 3 is 2.21 bits per heavy atom. The van der Waals surface area contributed by atoms with Gasteiger partial charge in [0.15, 0.2) is 0 Å². The topological polar surface area (TPSA) is 45.8 Å². The van der Waals surface area contributed by atoms with Crippen molar-refractivity contribution < 1.29 is 13.2 Å². The van der Waals surface area contributed by atoms with E-state index in [4.69, 9.17) is 0 Å². The molecule has 0 spiro atoms. The molecule has 0 amide bonds. The number of nitrogens with one attached hydrogen (secondary N) is 1. The molecule has 1 heterocycles. The minimum absolute atomic E-state index is 0.122. The lowest BCUT2D eigenvalue weighted by molar-refractivity contribution is -0.137. The molecule has 1 aromatic carbocycles. The van der Waals surface area contributed by atoms with E-state index in [-0.39, 0.29) is 5.69 Å². The van der Waals surface area contributed by atoms with Gasteiger partial charge in [-0.2, -0.15) is 13.2 Å². The van der Waals surface area contributed by atoms with Crippen LogP contribution in [-0.2, 0) is 6.18 Å². The van der Waals surface area contributed by atoms with Gasteiger partial charge in [-0.05, 0) is 26.0 Å². The first-order chi connectivity index (χ1) is 8.79. The Labute approximate surface area is 107 Å². The van der Waals surface area contributed by atoms with Crippen LogP contribution in [0.3, 0.4) is 0 Å². The molecule has 19 heavy (non-hydrogen) atoms. The predicted octanol–water partition coefficient (Wildman–Crippen LogP) is 3.07. The second kappa shape index (κ2) is 4.53. The van der Waals surface area contributed by atoms with Gasteiger partial charge in [-0.15, -0.1) is 0 Å². The smallest absolute Gasteiger partial charge is 0.323 e. The molecule has 0 saturated heterocycles. The SMILES string of the molecule is Cc1nc(-c2ccc(C(F)(F)F)cc2)c(=O)[nH]c1C. The molecule has 2 aromatic rings. The van der Waals surface area contributed by atoms with Crippen molar-refractivity contribution >= 4 is 0 Å². The molecule has 1 N–H and O–H groups in total. The van der Waals surface area contributed by atoms with E-state index in [0.29, 0.717) is 17.0 Å². The second-order valence-electron chi connectivity index (χ2n) is 4.20. The van der Waals surface area contributed by atoms with E-state index in [1.54, 1.807) is 13.8 Å². The molecule has 0 radical (unpaired) electrons. The molecule has 0 aliphatic carbocycles. The number of hydrogen-bond acceptors (Lipinski definition) is 2. The van der Waals surface area contributed by atoms with Crippen molar-refractivity contribution in [2.24, 2.45) is 0 Å². The molecule has 0 atom stereocenters. The maximum atomic E-state index is 12.4. The molecule has 0 aliphatic rings. The molecule has 0 fully saturated rings. The lowest BCUT2D eigenvalue weighted by Crippen LogP contribution is -2.14. The summed E-state index contributed by atoms with van der Waals surface area (Å²) in [5.41, 5.74) is 0.587. The highest BCUT2D eigenvalue weighted by Gasteiger charge is 2.30. The van der Waals surface area contributed by atoms with Gasteiger partial charge >= 0.3 is 6.18 Å². The summed E-state index contributed by atoms with van der Waals surface area (Å²) in [4.78, 5) is 18.5. The van der Waals surface area contributed by atoms with Crippen LogP contribution in [0.1, 0.15) is 17.0 Å². The Hall–Kier alpha value is -2.11. The van der Waals surface area contributed by atoms with Crippen molar-refractivity contribution in [3.63, 3.8) is 0 Å². The van der Waals surface area contributed by atoms with E-state index in [2.05, 4.69) is 9.97 Å². The first-order valence-electron chi connectivity index (χ1n) is 5.54. The van der Waals surface area contributed by atoms with Gasteiger partial charge in [0.2, 0.25) is 0 Å². The molecule has 0 saturated carbocycles. The molecular formula is C13H11F3N2O. The van der Waals surface area contributed by atoms with E-state index < -0.39 is 17.3 Å². The van der Waals surface area contributed by atoms with E-state index in [9.17, 15) is 18.0 Å². The van der Waals surface area contributed by atoms with Gasteiger partial charge in [0.05, 0.1) is 11.3 Å².